The predicted molar refractivity (Wildman–Crippen MR) is 115 cm³/mol. The second-order valence-corrected chi connectivity index (χ2v) is 6.82. The quantitative estimate of drug-likeness (QED) is 0.257. The molecule has 0 aliphatic carbocycles. The third-order valence-electron chi connectivity index (χ3n) is 4.70. The summed E-state index contributed by atoms with van der Waals surface area (Å²) < 4.78 is 5.72. The van der Waals surface area contributed by atoms with Crippen LogP contribution >= 0.6 is 0 Å². The molecule has 0 radical (unpaired) electrons. The summed E-state index contributed by atoms with van der Waals surface area (Å²) in [5.41, 5.74) is 1.03. The maximum absolute atomic E-state index is 11.1. The highest BCUT2D eigenvalue weighted by Gasteiger charge is 2.23. The van der Waals surface area contributed by atoms with Gasteiger partial charge in [-0.1, -0.05) is 12.1 Å². The van der Waals surface area contributed by atoms with Gasteiger partial charge in [0.15, 0.2) is 5.58 Å². The first kappa shape index (κ1) is 20.5. The van der Waals surface area contributed by atoms with Crippen LogP contribution in [0.4, 0.5) is 17.1 Å². The van der Waals surface area contributed by atoms with Crippen molar-refractivity contribution in [1.29, 1.82) is 0 Å². The van der Waals surface area contributed by atoms with Crippen LogP contribution in [-0.4, -0.2) is 31.3 Å². The van der Waals surface area contributed by atoms with Gasteiger partial charge in [-0.15, -0.1) is 0 Å². The van der Waals surface area contributed by atoms with Gasteiger partial charge in [-0.3, -0.25) is 25.2 Å². The number of aryl methyl sites for hydroxylation is 1. The van der Waals surface area contributed by atoms with Gasteiger partial charge in [0.1, 0.15) is 11.3 Å². The van der Waals surface area contributed by atoms with Gasteiger partial charge in [0.2, 0.25) is 11.6 Å². The largest absolute Gasteiger partial charge is 0.507 e. The van der Waals surface area contributed by atoms with Crippen molar-refractivity contribution in [2.24, 2.45) is 4.99 Å². The molecular formula is C21H14N4O7. The number of para-hydroxylation sites is 1. The molecular weight excluding hydrogens is 420 g/mol. The molecule has 0 atom stereocenters. The van der Waals surface area contributed by atoms with E-state index >= 15 is 0 Å². The monoisotopic (exact) mass is 434 g/mol. The molecule has 32 heavy (non-hydrogen) atoms. The van der Waals surface area contributed by atoms with E-state index in [0.717, 1.165) is 17.8 Å². The molecule has 0 unspecified atom stereocenters. The maximum atomic E-state index is 11.1. The molecule has 0 fully saturated rings. The summed E-state index contributed by atoms with van der Waals surface area (Å²) in [5.74, 6) is -0.697. The fourth-order valence-corrected chi connectivity index (χ4v) is 3.09. The Morgan fingerprint density at radius 2 is 1.84 bits per heavy atom. The first-order chi connectivity index (χ1) is 15.2. The van der Waals surface area contributed by atoms with Crippen LogP contribution in [0, 0.1) is 27.2 Å². The molecule has 11 nitrogen and oxygen atoms in total. The fourth-order valence-electron chi connectivity index (χ4n) is 3.09. The summed E-state index contributed by atoms with van der Waals surface area (Å²) in [5, 5.41) is 42.5. The van der Waals surface area contributed by atoms with Gasteiger partial charge in [-0.2, -0.15) is 0 Å². The number of aromatic hydroxyl groups is 2. The van der Waals surface area contributed by atoms with Crippen molar-refractivity contribution in [2.45, 2.75) is 6.92 Å². The van der Waals surface area contributed by atoms with Crippen molar-refractivity contribution in [2.75, 3.05) is 0 Å². The SMILES string of the molecule is Cc1cccc2oc(-c3cc(N=Cc4cc([N+](=O)[O-])cc([N+](=O)[O-])c4O)ccc3O)nc12. The molecule has 160 valence electrons. The van der Waals surface area contributed by atoms with E-state index < -0.39 is 27.0 Å². The number of aliphatic imine (C=N–C) groups is 1. The van der Waals surface area contributed by atoms with Gasteiger partial charge in [-0.25, -0.2) is 4.98 Å². The van der Waals surface area contributed by atoms with Crippen molar-refractivity contribution in [3.8, 4) is 23.0 Å². The summed E-state index contributed by atoms with van der Waals surface area (Å²) in [7, 11) is 0. The lowest BCUT2D eigenvalue weighted by Gasteiger charge is -2.03. The number of phenols is 2. The van der Waals surface area contributed by atoms with Gasteiger partial charge in [0.25, 0.3) is 5.69 Å². The van der Waals surface area contributed by atoms with Crippen LogP contribution in [0.1, 0.15) is 11.1 Å². The Bertz CT molecular complexity index is 1430. The van der Waals surface area contributed by atoms with Crippen LogP contribution in [0.3, 0.4) is 0 Å². The maximum Gasteiger partial charge on any atom is 0.318 e. The lowest BCUT2D eigenvalue weighted by atomic mass is 10.1. The van der Waals surface area contributed by atoms with E-state index in [1.54, 1.807) is 6.07 Å². The number of hydrogen-bond acceptors (Lipinski definition) is 9. The van der Waals surface area contributed by atoms with Crippen LogP contribution in [0.15, 0.2) is 57.9 Å². The van der Waals surface area contributed by atoms with Gasteiger partial charge in [0.05, 0.1) is 27.2 Å². The summed E-state index contributed by atoms with van der Waals surface area (Å²) in [6.45, 7) is 1.87. The first-order valence-corrected chi connectivity index (χ1v) is 9.14. The molecule has 0 amide bonds. The lowest BCUT2D eigenvalue weighted by Crippen LogP contribution is -1.96. The van der Waals surface area contributed by atoms with E-state index in [1.807, 2.05) is 19.1 Å². The molecule has 0 bridgehead atoms. The van der Waals surface area contributed by atoms with Crippen molar-refractivity contribution in [3.63, 3.8) is 0 Å². The molecule has 0 saturated carbocycles. The molecule has 1 aromatic heterocycles. The summed E-state index contributed by atoms with van der Waals surface area (Å²) >= 11 is 0. The number of phenolic OH excluding ortho intramolecular Hbond substituents is 2. The zero-order valence-corrected chi connectivity index (χ0v) is 16.4. The van der Waals surface area contributed by atoms with Gasteiger partial charge >= 0.3 is 5.69 Å². The molecule has 0 saturated heterocycles. The number of benzene rings is 3. The van der Waals surface area contributed by atoms with Crippen LogP contribution < -0.4 is 0 Å². The van der Waals surface area contributed by atoms with Gasteiger partial charge in [0, 0.05) is 17.8 Å². The van der Waals surface area contributed by atoms with Crippen molar-refractivity contribution >= 4 is 34.4 Å². The highest BCUT2D eigenvalue weighted by Crippen LogP contribution is 2.36. The summed E-state index contributed by atoms with van der Waals surface area (Å²) in [6.07, 6.45) is 1.06. The van der Waals surface area contributed by atoms with Crippen molar-refractivity contribution < 1.29 is 24.5 Å². The summed E-state index contributed by atoms with van der Waals surface area (Å²) in [6, 6.07) is 11.4. The number of non-ortho nitro benzene ring substituents is 1. The molecule has 1 heterocycles. The van der Waals surface area contributed by atoms with Crippen LogP contribution in [0.5, 0.6) is 11.5 Å². The average molecular weight is 434 g/mol. The Morgan fingerprint density at radius 1 is 1.06 bits per heavy atom. The standard InChI is InChI=1S/C21H14N4O7/c1-11-3-2-4-18-19(11)23-21(32-18)15-8-13(5-6-17(15)26)22-10-12-7-14(24(28)29)9-16(20(12)27)25(30)31/h2-10,26-27H,1H3. The number of hydrogen-bond donors (Lipinski definition) is 2. The number of nitrogens with zero attached hydrogens (tertiary/aromatic N) is 4. The minimum Gasteiger partial charge on any atom is -0.507 e. The highest BCUT2D eigenvalue weighted by molar-refractivity contribution is 5.89. The number of nitro groups is 2. The third kappa shape index (κ3) is 3.69. The third-order valence-corrected chi connectivity index (χ3v) is 4.70. The Kier molecular flexibility index (Phi) is 4.99. The molecule has 0 aliphatic rings. The van der Waals surface area contributed by atoms with E-state index in [2.05, 4.69) is 9.98 Å². The number of nitro benzene ring substituents is 2. The Hall–Kier alpha value is -4.80. The van der Waals surface area contributed by atoms with E-state index in [0.29, 0.717) is 17.2 Å². The van der Waals surface area contributed by atoms with E-state index in [9.17, 15) is 30.4 Å². The number of aromatic nitrogens is 1. The number of rotatable bonds is 5. The molecule has 3 aromatic carbocycles. The Labute approximate surface area is 179 Å². The first-order valence-electron chi connectivity index (χ1n) is 9.14. The molecule has 4 rings (SSSR count). The minimum atomic E-state index is -0.923. The van der Waals surface area contributed by atoms with E-state index in [4.69, 9.17) is 4.42 Å². The Morgan fingerprint density at radius 3 is 2.53 bits per heavy atom. The van der Waals surface area contributed by atoms with Crippen LogP contribution in [0.25, 0.3) is 22.6 Å². The van der Waals surface area contributed by atoms with E-state index in [1.165, 1.54) is 18.2 Å². The van der Waals surface area contributed by atoms with Gasteiger partial charge < -0.3 is 14.6 Å². The zero-order chi connectivity index (χ0) is 23.0. The number of fused-ring (bicyclic) bond motifs is 1. The topological polar surface area (TPSA) is 165 Å². The number of oxazole rings is 1. The molecule has 0 aliphatic heterocycles. The average Bonchev–Trinajstić information content (AvgIpc) is 3.19. The predicted octanol–water partition coefficient (Wildman–Crippen LogP) is 4.78. The van der Waals surface area contributed by atoms with E-state index in [-0.39, 0.29) is 28.5 Å². The normalized spacial score (nSPS) is 11.3. The van der Waals surface area contributed by atoms with Crippen LogP contribution in [-0.2, 0) is 0 Å². The second-order valence-electron chi connectivity index (χ2n) is 6.82. The van der Waals surface area contributed by atoms with Crippen molar-refractivity contribution in [3.05, 3.63) is 79.9 Å². The van der Waals surface area contributed by atoms with Crippen LogP contribution in [0.2, 0.25) is 0 Å². The second kappa shape index (κ2) is 7.80. The van der Waals surface area contributed by atoms with Crippen molar-refractivity contribution in [1.82, 2.24) is 4.98 Å². The molecule has 2 N–H and O–H groups in total. The lowest BCUT2D eigenvalue weighted by molar-refractivity contribution is -0.394. The van der Waals surface area contributed by atoms with Gasteiger partial charge in [-0.05, 0) is 36.8 Å². The summed E-state index contributed by atoms with van der Waals surface area (Å²) in [4.78, 5) is 29.0. The Balaban J connectivity index is 1.75. The zero-order valence-electron chi connectivity index (χ0n) is 16.4. The smallest absolute Gasteiger partial charge is 0.318 e. The fraction of sp³-hybridized carbons (Fsp3) is 0.0476. The molecule has 4 aromatic rings. The minimum absolute atomic E-state index is 0.109. The molecule has 0 spiro atoms. The molecule has 11 heteroatoms. The highest BCUT2D eigenvalue weighted by atomic mass is 16.6.